The maximum Gasteiger partial charge on any atom is 0.252 e. The van der Waals surface area contributed by atoms with Gasteiger partial charge in [-0.1, -0.05) is 23.7 Å². The summed E-state index contributed by atoms with van der Waals surface area (Å²) in [5.74, 6) is 0.621. The van der Waals surface area contributed by atoms with Crippen molar-refractivity contribution in [3.63, 3.8) is 0 Å². The summed E-state index contributed by atoms with van der Waals surface area (Å²) in [5.41, 5.74) is 2.55. The monoisotopic (exact) mass is 431 g/mol. The van der Waals surface area contributed by atoms with Crippen molar-refractivity contribution in [2.24, 2.45) is 7.05 Å². The van der Waals surface area contributed by atoms with Crippen molar-refractivity contribution in [1.82, 2.24) is 19.5 Å². The van der Waals surface area contributed by atoms with Crippen molar-refractivity contribution in [3.05, 3.63) is 81.9 Å². The first-order chi connectivity index (χ1) is 15.0. The van der Waals surface area contributed by atoms with E-state index < -0.39 is 0 Å². The van der Waals surface area contributed by atoms with Crippen LogP contribution in [0.3, 0.4) is 0 Å². The maximum absolute atomic E-state index is 12.7. The van der Waals surface area contributed by atoms with Gasteiger partial charge in [-0.05, 0) is 25.1 Å². The van der Waals surface area contributed by atoms with Gasteiger partial charge < -0.3 is 15.2 Å². The summed E-state index contributed by atoms with van der Waals surface area (Å²) in [4.78, 5) is 25.2. The second-order valence-electron chi connectivity index (χ2n) is 6.89. The van der Waals surface area contributed by atoms with Crippen molar-refractivity contribution in [1.29, 1.82) is 5.26 Å². The SMILES string of the molecule is C[C@H](Nc1cc(=O)n(C)c2c(Nc3ccnc(Cl)c3C#N)cccc12)c1ncccn1. The molecule has 2 N–H and O–H groups in total. The van der Waals surface area contributed by atoms with Gasteiger partial charge in [-0.25, -0.2) is 15.0 Å². The third-order valence-corrected chi connectivity index (χ3v) is 5.18. The molecular weight excluding hydrogens is 414 g/mol. The molecule has 0 radical (unpaired) electrons. The highest BCUT2D eigenvalue weighted by molar-refractivity contribution is 6.31. The Labute approximate surface area is 183 Å². The van der Waals surface area contributed by atoms with Crippen molar-refractivity contribution in [3.8, 4) is 6.07 Å². The zero-order valence-corrected chi connectivity index (χ0v) is 17.6. The number of pyridine rings is 2. The van der Waals surface area contributed by atoms with Crippen LogP contribution >= 0.6 is 11.6 Å². The number of rotatable bonds is 5. The van der Waals surface area contributed by atoms with Gasteiger partial charge in [0.05, 0.1) is 22.9 Å². The number of hydrogen-bond acceptors (Lipinski definition) is 7. The quantitative estimate of drug-likeness (QED) is 0.456. The summed E-state index contributed by atoms with van der Waals surface area (Å²) >= 11 is 6.06. The second-order valence-corrected chi connectivity index (χ2v) is 7.25. The molecule has 0 aliphatic heterocycles. The Morgan fingerprint density at radius 2 is 1.84 bits per heavy atom. The summed E-state index contributed by atoms with van der Waals surface area (Å²) in [6.07, 6.45) is 4.87. The largest absolute Gasteiger partial charge is 0.375 e. The van der Waals surface area contributed by atoms with E-state index in [1.54, 1.807) is 42.2 Å². The number of aromatic nitrogens is 4. The van der Waals surface area contributed by atoms with E-state index in [9.17, 15) is 10.1 Å². The van der Waals surface area contributed by atoms with Crippen LogP contribution in [-0.4, -0.2) is 19.5 Å². The van der Waals surface area contributed by atoms with Crippen molar-refractivity contribution in [2.45, 2.75) is 13.0 Å². The smallest absolute Gasteiger partial charge is 0.252 e. The Bertz CT molecular complexity index is 1360. The number of nitrogens with zero attached hydrogens (tertiary/aromatic N) is 5. The molecule has 9 heteroatoms. The summed E-state index contributed by atoms with van der Waals surface area (Å²) in [6.45, 7) is 1.93. The molecule has 3 heterocycles. The van der Waals surface area contributed by atoms with E-state index in [0.717, 1.165) is 5.39 Å². The van der Waals surface area contributed by atoms with Gasteiger partial charge in [-0.2, -0.15) is 5.26 Å². The van der Waals surface area contributed by atoms with E-state index in [-0.39, 0.29) is 22.3 Å². The predicted molar refractivity (Wildman–Crippen MR) is 121 cm³/mol. The van der Waals surface area contributed by atoms with Crippen LogP contribution in [0.5, 0.6) is 0 Å². The number of hydrogen-bond donors (Lipinski definition) is 2. The van der Waals surface area contributed by atoms with Crippen LogP contribution in [0.15, 0.2) is 59.8 Å². The Hall–Kier alpha value is -3.96. The van der Waals surface area contributed by atoms with Crippen molar-refractivity contribution in [2.75, 3.05) is 10.6 Å². The Kier molecular flexibility index (Phi) is 5.52. The average Bonchev–Trinajstić information content (AvgIpc) is 2.78. The lowest BCUT2D eigenvalue weighted by atomic mass is 10.1. The van der Waals surface area contributed by atoms with Crippen molar-refractivity contribution >= 4 is 39.6 Å². The van der Waals surface area contributed by atoms with Gasteiger partial charge in [0.15, 0.2) is 0 Å². The van der Waals surface area contributed by atoms with Crippen LogP contribution in [0.25, 0.3) is 10.9 Å². The molecule has 0 bridgehead atoms. The molecule has 0 amide bonds. The number of nitrogens with one attached hydrogen (secondary N) is 2. The number of anilines is 3. The van der Waals surface area contributed by atoms with E-state index >= 15 is 0 Å². The van der Waals surface area contributed by atoms with Gasteiger partial charge >= 0.3 is 0 Å². The lowest BCUT2D eigenvalue weighted by Crippen LogP contribution is -2.19. The maximum atomic E-state index is 12.7. The van der Waals surface area contributed by atoms with E-state index in [4.69, 9.17) is 11.6 Å². The molecule has 0 saturated carbocycles. The van der Waals surface area contributed by atoms with Gasteiger partial charge in [-0.3, -0.25) is 4.79 Å². The van der Waals surface area contributed by atoms with Crippen LogP contribution in [0, 0.1) is 11.3 Å². The lowest BCUT2D eigenvalue weighted by molar-refractivity contribution is 0.788. The molecule has 8 nitrogen and oxygen atoms in total. The van der Waals surface area contributed by atoms with Crippen molar-refractivity contribution < 1.29 is 0 Å². The first kappa shape index (κ1) is 20.3. The van der Waals surface area contributed by atoms with Gasteiger partial charge in [0.2, 0.25) is 0 Å². The number of halogens is 1. The molecule has 3 aromatic heterocycles. The van der Waals surface area contributed by atoms with Crippen LogP contribution in [-0.2, 0) is 7.05 Å². The summed E-state index contributed by atoms with van der Waals surface area (Å²) in [5, 5.41) is 17.0. The second kappa shape index (κ2) is 8.42. The zero-order valence-electron chi connectivity index (χ0n) is 16.8. The molecule has 0 fully saturated rings. The molecule has 0 unspecified atom stereocenters. The van der Waals surface area contributed by atoms with E-state index in [1.165, 1.54) is 6.20 Å². The molecule has 1 atom stereocenters. The average molecular weight is 432 g/mol. The van der Waals surface area contributed by atoms with Crippen LogP contribution in [0.4, 0.5) is 17.1 Å². The Balaban J connectivity index is 1.82. The fourth-order valence-electron chi connectivity index (χ4n) is 3.37. The van der Waals surface area contributed by atoms with Crippen LogP contribution < -0.4 is 16.2 Å². The van der Waals surface area contributed by atoms with Gasteiger partial charge in [0.25, 0.3) is 5.56 Å². The van der Waals surface area contributed by atoms with E-state index in [2.05, 4.69) is 31.7 Å². The molecular formula is C22H18ClN7O. The number of nitriles is 1. The van der Waals surface area contributed by atoms with Gasteiger partial charge in [0, 0.05) is 42.8 Å². The molecule has 0 aliphatic rings. The number of aryl methyl sites for hydroxylation is 1. The molecule has 0 saturated heterocycles. The normalized spacial score (nSPS) is 11.7. The predicted octanol–water partition coefficient (Wildman–Crippen LogP) is 4.17. The minimum absolute atomic E-state index is 0.112. The third-order valence-electron chi connectivity index (χ3n) is 4.89. The summed E-state index contributed by atoms with van der Waals surface area (Å²) < 4.78 is 1.56. The van der Waals surface area contributed by atoms with Gasteiger partial charge in [0.1, 0.15) is 22.6 Å². The van der Waals surface area contributed by atoms with E-state index in [0.29, 0.717) is 28.4 Å². The summed E-state index contributed by atoms with van der Waals surface area (Å²) in [7, 11) is 1.70. The number of fused-ring (bicyclic) bond motifs is 1. The number of benzene rings is 1. The summed E-state index contributed by atoms with van der Waals surface area (Å²) in [6, 6.07) is 12.5. The minimum Gasteiger partial charge on any atom is -0.375 e. The standard InChI is InChI=1S/C22H18ClN7O/c1-13(22-26-8-4-9-27-22)28-18-11-19(31)30(2)20-14(18)5-3-6-17(20)29-16-7-10-25-21(23)15(16)12-24/h3-11,13,28H,1-2H3,(H,25,29)/t13-/m0/s1. The fourth-order valence-corrected chi connectivity index (χ4v) is 3.58. The van der Waals surface area contributed by atoms with Gasteiger partial charge in [-0.15, -0.1) is 0 Å². The van der Waals surface area contributed by atoms with Crippen LogP contribution in [0.1, 0.15) is 24.4 Å². The first-order valence-corrected chi connectivity index (χ1v) is 9.85. The lowest BCUT2D eigenvalue weighted by Gasteiger charge is -2.19. The molecule has 31 heavy (non-hydrogen) atoms. The molecule has 4 rings (SSSR count). The molecule has 154 valence electrons. The molecule has 1 aromatic carbocycles. The zero-order chi connectivity index (χ0) is 22.0. The topological polar surface area (TPSA) is 109 Å². The highest BCUT2D eigenvalue weighted by Crippen LogP contribution is 2.32. The first-order valence-electron chi connectivity index (χ1n) is 9.47. The third kappa shape index (κ3) is 3.91. The highest BCUT2D eigenvalue weighted by Gasteiger charge is 2.16. The number of para-hydroxylation sites is 1. The van der Waals surface area contributed by atoms with E-state index in [1.807, 2.05) is 25.1 Å². The Morgan fingerprint density at radius 3 is 2.58 bits per heavy atom. The Morgan fingerprint density at radius 1 is 1.06 bits per heavy atom. The fraction of sp³-hybridized carbons (Fsp3) is 0.136. The molecule has 0 aliphatic carbocycles. The molecule has 4 aromatic rings. The minimum atomic E-state index is -0.211. The van der Waals surface area contributed by atoms with Crippen LogP contribution in [0.2, 0.25) is 5.15 Å². The highest BCUT2D eigenvalue weighted by atomic mass is 35.5. The molecule has 0 spiro atoms.